The molecule has 4 rings (SSSR count). The molecule has 1 fully saturated rings. The van der Waals surface area contributed by atoms with Crippen LogP contribution in [0.5, 0.6) is 0 Å². The quantitative estimate of drug-likeness (QED) is 0.728. The van der Waals surface area contributed by atoms with E-state index in [-0.39, 0.29) is 0 Å². The predicted molar refractivity (Wildman–Crippen MR) is 82.9 cm³/mol. The zero-order valence-corrected chi connectivity index (χ0v) is 11.8. The molecule has 2 aliphatic rings. The predicted octanol–water partition coefficient (Wildman–Crippen LogP) is 5.35. The minimum Gasteiger partial charge on any atom is -0.460 e. The third kappa shape index (κ3) is 1.93. The molecule has 0 amide bonds. The van der Waals surface area contributed by atoms with Gasteiger partial charge in [0, 0.05) is 17.0 Å². The van der Waals surface area contributed by atoms with Crippen molar-refractivity contribution in [3.05, 3.63) is 53.3 Å². The van der Waals surface area contributed by atoms with Gasteiger partial charge in [0.25, 0.3) is 0 Å². The summed E-state index contributed by atoms with van der Waals surface area (Å²) in [6, 6.07) is 8.58. The molecule has 1 heteroatoms. The van der Waals surface area contributed by atoms with Crippen molar-refractivity contribution in [2.45, 2.75) is 44.4 Å². The summed E-state index contributed by atoms with van der Waals surface area (Å²) in [4.78, 5) is 0. The van der Waals surface area contributed by atoms with Gasteiger partial charge in [0.2, 0.25) is 0 Å². The molecule has 0 saturated heterocycles. The number of furan rings is 1. The fourth-order valence-corrected chi connectivity index (χ4v) is 3.34. The number of fused-ring (bicyclic) bond motifs is 1. The summed E-state index contributed by atoms with van der Waals surface area (Å²) < 4.78 is 6.33. The van der Waals surface area contributed by atoms with E-state index in [2.05, 4.69) is 30.8 Å². The van der Waals surface area contributed by atoms with E-state index in [4.69, 9.17) is 4.42 Å². The van der Waals surface area contributed by atoms with E-state index >= 15 is 0 Å². The third-order valence-electron chi connectivity index (χ3n) is 4.61. The minimum atomic E-state index is 0.711. The lowest BCUT2D eigenvalue weighted by Crippen LogP contribution is -2.02. The summed E-state index contributed by atoms with van der Waals surface area (Å²) >= 11 is 0. The van der Waals surface area contributed by atoms with Crippen LogP contribution in [0.15, 0.2) is 35.3 Å². The lowest BCUT2D eigenvalue weighted by atomic mass is 9.90. The van der Waals surface area contributed by atoms with Crippen LogP contribution in [0, 0.1) is 0 Å². The van der Waals surface area contributed by atoms with Crippen molar-refractivity contribution in [1.82, 2.24) is 0 Å². The van der Waals surface area contributed by atoms with E-state index in [9.17, 15) is 0 Å². The molecule has 0 radical (unpaired) electrons. The molecule has 0 unspecified atom stereocenters. The second kappa shape index (κ2) is 4.66. The molecule has 1 nitrogen and oxygen atoms in total. The average Bonchev–Trinajstić information content (AvgIpc) is 3.28. The van der Waals surface area contributed by atoms with Gasteiger partial charge in [0.1, 0.15) is 11.5 Å². The summed E-state index contributed by atoms with van der Waals surface area (Å²) in [6.07, 6.45) is 9.54. The van der Waals surface area contributed by atoms with Gasteiger partial charge in [-0.2, -0.15) is 0 Å². The van der Waals surface area contributed by atoms with Crippen molar-refractivity contribution in [3.8, 4) is 11.3 Å². The Morgan fingerprint density at radius 1 is 1.00 bits per heavy atom. The van der Waals surface area contributed by atoms with Gasteiger partial charge in [0.15, 0.2) is 0 Å². The molecule has 2 aromatic rings. The van der Waals surface area contributed by atoms with Crippen molar-refractivity contribution < 1.29 is 4.42 Å². The molecule has 1 heterocycles. The number of hydrogen-bond acceptors (Lipinski definition) is 1. The van der Waals surface area contributed by atoms with Gasteiger partial charge in [-0.1, -0.05) is 36.9 Å². The Bertz CT molecular complexity index is 641. The molecule has 1 saturated carbocycles. The number of hydrogen-bond donors (Lipinski definition) is 0. The summed E-state index contributed by atoms with van der Waals surface area (Å²) in [6.45, 7) is 3.82. The Kier molecular flexibility index (Phi) is 2.80. The van der Waals surface area contributed by atoms with E-state index in [0.717, 1.165) is 11.3 Å². The molecule has 0 bridgehead atoms. The molecule has 102 valence electrons. The molecule has 20 heavy (non-hydrogen) atoms. The van der Waals surface area contributed by atoms with E-state index in [1.165, 1.54) is 55.4 Å². The SMILES string of the molecule is C=Cc1ccc(-c2oc(C3CC3)c3c2CCCC3)cc1. The topological polar surface area (TPSA) is 13.1 Å². The summed E-state index contributed by atoms with van der Waals surface area (Å²) in [5.74, 6) is 3.16. The van der Waals surface area contributed by atoms with Crippen LogP contribution in [0.4, 0.5) is 0 Å². The molecule has 0 atom stereocenters. The monoisotopic (exact) mass is 264 g/mol. The number of benzene rings is 1. The van der Waals surface area contributed by atoms with Crippen molar-refractivity contribution in [2.75, 3.05) is 0 Å². The Morgan fingerprint density at radius 3 is 2.35 bits per heavy atom. The average molecular weight is 264 g/mol. The lowest BCUT2D eigenvalue weighted by Gasteiger charge is -2.12. The highest BCUT2D eigenvalue weighted by atomic mass is 16.3. The van der Waals surface area contributed by atoms with Gasteiger partial charge in [-0.25, -0.2) is 0 Å². The molecule has 0 aliphatic heterocycles. The van der Waals surface area contributed by atoms with E-state index < -0.39 is 0 Å². The van der Waals surface area contributed by atoms with E-state index in [1.54, 1.807) is 5.56 Å². The second-order valence-corrected chi connectivity index (χ2v) is 6.06. The first kappa shape index (κ1) is 12.0. The van der Waals surface area contributed by atoms with Crippen molar-refractivity contribution in [3.63, 3.8) is 0 Å². The van der Waals surface area contributed by atoms with Crippen LogP contribution >= 0.6 is 0 Å². The molecule has 1 aromatic heterocycles. The van der Waals surface area contributed by atoms with Crippen LogP contribution in [0.3, 0.4) is 0 Å². The Hall–Kier alpha value is -1.76. The van der Waals surface area contributed by atoms with Gasteiger partial charge in [-0.15, -0.1) is 0 Å². The fourth-order valence-electron chi connectivity index (χ4n) is 3.34. The zero-order valence-electron chi connectivity index (χ0n) is 11.8. The normalized spacial score (nSPS) is 17.8. The maximum atomic E-state index is 6.33. The first-order valence-electron chi connectivity index (χ1n) is 7.74. The molecular formula is C19H20O. The van der Waals surface area contributed by atoms with Gasteiger partial charge in [-0.3, -0.25) is 0 Å². The van der Waals surface area contributed by atoms with Crippen molar-refractivity contribution >= 4 is 6.08 Å². The molecule has 0 spiro atoms. The van der Waals surface area contributed by atoms with Crippen LogP contribution in [-0.2, 0) is 12.8 Å². The van der Waals surface area contributed by atoms with Crippen molar-refractivity contribution in [2.24, 2.45) is 0 Å². The maximum Gasteiger partial charge on any atom is 0.137 e. The number of rotatable bonds is 3. The maximum absolute atomic E-state index is 6.33. The zero-order chi connectivity index (χ0) is 13.5. The first-order chi connectivity index (χ1) is 9.86. The lowest BCUT2D eigenvalue weighted by molar-refractivity contribution is 0.519. The van der Waals surface area contributed by atoms with E-state index in [1.807, 2.05) is 6.08 Å². The fraction of sp³-hybridized carbons (Fsp3) is 0.368. The Morgan fingerprint density at radius 2 is 1.70 bits per heavy atom. The second-order valence-electron chi connectivity index (χ2n) is 6.06. The van der Waals surface area contributed by atoms with Gasteiger partial charge >= 0.3 is 0 Å². The summed E-state index contributed by atoms with van der Waals surface area (Å²) in [7, 11) is 0. The molecule has 2 aliphatic carbocycles. The smallest absolute Gasteiger partial charge is 0.137 e. The van der Waals surface area contributed by atoms with Crippen LogP contribution < -0.4 is 0 Å². The van der Waals surface area contributed by atoms with E-state index in [0.29, 0.717) is 5.92 Å². The third-order valence-corrected chi connectivity index (χ3v) is 4.61. The standard InChI is InChI=1S/C19H20O/c1-2-13-7-9-14(10-8-13)18-16-5-3-4-6-17(16)19(20-18)15-11-12-15/h2,7-10,15H,1,3-6,11-12H2. The summed E-state index contributed by atoms with van der Waals surface area (Å²) in [5, 5.41) is 0. The van der Waals surface area contributed by atoms with Crippen LogP contribution in [0.1, 0.15) is 54.1 Å². The Labute approximate surface area is 120 Å². The van der Waals surface area contributed by atoms with Gasteiger partial charge < -0.3 is 4.42 Å². The highest BCUT2D eigenvalue weighted by Crippen LogP contribution is 2.47. The van der Waals surface area contributed by atoms with Crippen LogP contribution in [0.25, 0.3) is 17.4 Å². The summed E-state index contributed by atoms with van der Waals surface area (Å²) in [5.41, 5.74) is 5.42. The van der Waals surface area contributed by atoms with Crippen LogP contribution in [-0.4, -0.2) is 0 Å². The van der Waals surface area contributed by atoms with Crippen LogP contribution in [0.2, 0.25) is 0 Å². The Balaban J connectivity index is 1.81. The highest BCUT2D eigenvalue weighted by molar-refractivity contribution is 5.66. The first-order valence-corrected chi connectivity index (χ1v) is 7.74. The van der Waals surface area contributed by atoms with Crippen molar-refractivity contribution in [1.29, 1.82) is 0 Å². The molecular weight excluding hydrogens is 244 g/mol. The molecule has 0 N–H and O–H groups in total. The van der Waals surface area contributed by atoms with Gasteiger partial charge in [-0.05, 0) is 49.7 Å². The molecule has 1 aromatic carbocycles. The highest BCUT2D eigenvalue weighted by Gasteiger charge is 2.33. The van der Waals surface area contributed by atoms with Gasteiger partial charge in [0.05, 0.1) is 0 Å². The minimum absolute atomic E-state index is 0.711. The largest absolute Gasteiger partial charge is 0.460 e.